The van der Waals surface area contributed by atoms with Crippen molar-refractivity contribution in [3.63, 3.8) is 0 Å². The fourth-order valence-electron chi connectivity index (χ4n) is 2.44. The average molecular weight is 273 g/mol. The first kappa shape index (κ1) is 13.7. The zero-order valence-electron chi connectivity index (χ0n) is 10.3. The van der Waals surface area contributed by atoms with E-state index >= 15 is 0 Å². The van der Waals surface area contributed by atoms with Gasteiger partial charge in [-0.05, 0) is 31.4 Å². The Balaban J connectivity index is 2.08. The highest BCUT2D eigenvalue weighted by Crippen LogP contribution is 2.26. The number of halogens is 2. The number of ether oxygens (including phenoxy) is 1. The Morgan fingerprint density at radius 2 is 2.39 bits per heavy atom. The van der Waals surface area contributed by atoms with E-state index in [4.69, 9.17) is 22.2 Å². The Hall–Kier alpha value is -0.680. The lowest BCUT2D eigenvalue weighted by atomic mass is 9.92. The van der Waals surface area contributed by atoms with Crippen LogP contribution in [0.4, 0.5) is 4.39 Å². The number of nitrogens with one attached hydrogen (secondary N) is 1. The number of hydrazine groups is 1. The lowest BCUT2D eigenvalue weighted by Crippen LogP contribution is -2.43. The van der Waals surface area contributed by atoms with Gasteiger partial charge in [-0.1, -0.05) is 23.7 Å². The SMILES string of the molecule is CC1CC(C(Cc2cccc(Cl)c2F)NN)CO1. The summed E-state index contributed by atoms with van der Waals surface area (Å²) < 4.78 is 19.4. The summed E-state index contributed by atoms with van der Waals surface area (Å²) in [7, 11) is 0. The Morgan fingerprint density at radius 1 is 1.61 bits per heavy atom. The first-order chi connectivity index (χ1) is 8.61. The Labute approximate surface area is 111 Å². The first-order valence-corrected chi connectivity index (χ1v) is 6.50. The molecule has 100 valence electrons. The summed E-state index contributed by atoms with van der Waals surface area (Å²) in [6, 6.07) is 5.04. The molecule has 18 heavy (non-hydrogen) atoms. The zero-order valence-corrected chi connectivity index (χ0v) is 11.1. The molecule has 0 spiro atoms. The summed E-state index contributed by atoms with van der Waals surface area (Å²) in [6.45, 7) is 2.70. The monoisotopic (exact) mass is 272 g/mol. The van der Waals surface area contributed by atoms with E-state index in [1.54, 1.807) is 18.2 Å². The van der Waals surface area contributed by atoms with Crippen molar-refractivity contribution in [3.05, 3.63) is 34.6 Å². The number of nitrogens with two attached hydrogens (primary N) is 1. The van der Waals surface area contributed by atoms with E-state index in [1.807, 2.05) is 6.92 Å². The van der Waals surface area contributed by atoms with Crippen LogP contribution in [0.1, 0.15) is 18.9 Å². The van der Waals surface area contributed by atoms with Crippen molar-refractivity contribution in [2.24, 2.45) is 11.8 Å². The third-order valence-corrected chi connectivity index (χ3v) is 3.78. The van der Waals surface area contributed by atoms with Crippen molar-refractivity contribution in [1.82, 2.24) is 5.43 Å². The standard InChI is InChI=1S/C13H18ClFN2O/c1-8-5-10(7-18-8)12(17-16)6-9-3-2-4-11(14)13(9)15/h2-4,8,10,12,17H,5-7,16H2,1H3. The van der Waals surface area contributed by atoms with Crippen LogP contribution in [0.15, 0.2) is 18.2 Å². The van der Waals surface area contributed by atoms with Crippen LogP contribution in [0.2, 0.25) is 5.02 Å². The molecule has 0 aliphatic carbocycles. The number of rotatable bonds is 4. The highest BCUT2D eigenvalue weighted by atomic mass is 35.5. The maximum absolute atomic E-state index is 13.8. The van der Waals surface area contributed by atoms with Gasteiger partial charge in [0.1, 0.15) is 5.82 Å². The molecule has 3 N–H and O–H groups in total. The van der Waals surface area contributed by atoms with Crippen molar-refractivity contribution in [1.29, 1.82) is 0 Å². The fraction of sp³-hybridized carbons (Fsp3) is 0.538. The molecule has 1 heterocycles. The van der Waals surface area contributed by atoms with E-state index < -0.39 is 0 Å². The van der Waals surface area contributed by atoms with Crippen LogP contribution in [0.25, 0.3) is 0 Å². The summed E-state index contributed by atoms with van der Waals surface area (Å²) in [5, 5.41) is 0.152. The van der Waals surface area contributed by atoms with Crippen molar-refractivity contribution >= 4 is 11.6 Å². The van der Waals surface area contributed by atoms with Gasteiger partial charge in [0.15, 0.2) is 0 Å². The van der Waals surface area contributed by atoms with Crippen LogP contribution >= 0.6 is 11.6 Å². The van der Waals surface area contributed by atoms with E-state index in [9.17, 15) is 4.39 Å². The van der Waals surface area contributed by atoms with E-state index in [0.717, 1.165) is 6.42 Å². The molecule has 1 aromatic rings. The molecular formula is C13H18ClFN2O. The van der Waals surface area contributed by atoms with Gasteiger partial charge in [0.25, 0.3) is 0 Å². The molecule has 1 aliphatic heterocycles. The van der Waals surface area contributed by atoms with Gasteiger partial charge < -0.3 is 4.74 Å². The Morgan fingerprint density at radius 3 is 3.00 bits per heavy atom. The second kappa shape index (κ2) is 5.97. The minimum Gasteiger partial charge on any atom is -0.378 e. The number of hydrogen-bond donors (Lipinski definition) is 2. The van der Waals surface area contributed by atoms with Gasteiger partial charge in [0.2, 0.25) is 0 Å². The maximum Gasteiger partial charge on any atom is 0.145 e. The second-order valence-corrected chi connectivity index (χ2v) is 5.24. The van der Waals surface area contributed by atoms with Crippen LogP contribution in [0.5, 0.6) is 0 Å². The quantitative estimate of drug-likeness (QED) is 0.653. The third-order valence-electron chi connectivity index (χ3n) is 3.48. The lowest BCUT2D eigenvalue weighted by molar-refractivity contribution is 0.117. The molecule has 1 fully saturated rings. The summed E-state index contributed by atoms with van der Waals surface area (Å²) >= 11 is 5.77. The maximum atomic E-state index is 13.8. The molecule has 1 saturated heterocycles. The van der Waals surface area contributed by atoms with Crippen molar-refractivity contribution in [3.8, 4) is 0 Å². The predicted molar refractivity (Wildman–Crippen MR) is 69.7 cm³/mol. The zero-order chi connectivity index (χ0) is 13.1. The van der Waals surface area contributed by atoms with E-state index in [0.29, 0.717) is 24.5 Å². The summed E-state index contributed by atoms with van der Waals surface area (Å²) in [5.41, 5.74) is 3.36. The van der Waals surface area contributed by atoms with E-state index in [1.165, 1.54) is 0 Å². The average Bonchev–Trinajstić information content (AvgIpc) is 2.78. The van der Waals surface area contributed by atoms with E-state index in [2.05, 4.69) is 5.43 Å². The first-order valence-electron chi connectivity index (χ1n) is 6.12. The third kappa shape index (κ3) is 3.01. The molecule has 2 rings (SSSR count). The normalized spacial score (nSPS) is 25.3. The smallest absolute Gasteiger partial charge is 0.145 e. The van der Waals surface area contributed by atoms with Crippen LogP contribution < -0.4 is 11.3 Å². The van der Waals surface area contributed by atoms with Gasteiger partial charge in [0, 0.05) is 12.0 Å². The van der Waals surface area contributed by atoms with Gasteiger partial charge in [-0.2, -0.15) is 0 Å². The van der Waals surface area contributed by atoms with Crippen molar-refractivity contribution in [2.75, 3.05) is 6.61 Å². The highest BCUT2D eigenvalue weighted by molar-refractivity contribution is 6.30. The van der Waals surface area contributed by atoms with Crippen LogP contribution in [0, 0.1) is 11.7 Å². The van der Waals surface area contributed by atoms with Crippen molar-refractivity contribution in [2.45, 2.75) is 31.9 Å². The number of benzene rings is 1. The molecule has 1 aromatic carbocycles. The molecule has 1 aliphatic rings. The van der Waals surface area contributed by atoms with Crippen LogP contribution in [-0.2, 0) is 11.2 Å². The highest BCUT2D eigenvalue weighted by Gasteiger charge is 2.29. The minimum atomic E-state index is -0.355. The largest absolute Gasteiger partial charge is 0.378 e. The summed E-state index contributed by atoms with van der Waals surface area (Å²) in [4.78, 5) is 0. The molecule has 3 unspecified atom stereocenters. The summed E-state index contributed by atoms with van der Waals surface area (Å²) in [6.07, 6.45) is 1.70. The molecule has 0 aromatic heterocycles. The molecule has 0 saturated carbocycles. The second-order valence-electron chi connectivity index (χ2n) is 4.83. The summed E-state index contributed by atoms with van der Waals surface area (Å²) in [5.74, 6) is 5.53. The molecule has 0 bridgehead atoms. The molecule has 0 amide bonds. The lowest BCUT2D eigenvalue weighted by Gasteiger charge is -2.22. The fourth-order valence-corrected chi connectivity index (χ4v) is 2.63. The molecule has 3 atom stereocenters. The van der Waals surface area contributed by atoms with E-state index in [-0.39, 0.29) is 23.0 Å². The molecule has 5 heteroatoms. The molecule has 0 radical (unpaired) electrons. The number of hydrogen-bond acceptors (Lipinski definition) is 3. The topological polar surface area (TPSA) is 47.3 Å². The predicted octanol–water partition coefficient (Wildman–Crippen LogP) is 2.28. The van der Waals surface area contributed by atoms with Gasteiger partial charge in [-0.3, -0.25) is 11.3 Å². The molecular weight excluding hydrogens is 255 g/mol. The van der Waals surface area contributed by atoms with Crippen molar-refractivity contribution < 1.29 is 9.13 Å². The Kier molecular flexibility index (Phi) is 4.56. The van der Waals surface area contributed by atoms with Gasteiger partial charge in [-0.15, -0.1) is 0 Å². The minimum absolute atomic E-state index is 0.00270. The Bertz CT molecular complexity index is 416. The van der Waals surface area contributed by atoms with Crippen LogP contribution in [-0.4, -0.2) is 18.8 Å². The van der Waals surface area contributed by atoms with Gasteiger partial charge in [-0.25, -0.2) is 4.39 Å². The van der Waals surface area contributed by atoms with Gasteiger partial charge in [0.05, 0.1) is 17.7 Å². The van der Waals surface area contributed by atoms with Gasteiger partial charge >= 0.3 is 0 Å². The van der Waals surface area contributed by atoms with Crippen LogP contribution in [0.3, 0.4) is 0 Å². The molecule has 3 nitrogen and oxygen atoms in total.